The number of thiazole rings is 1. The average molecular weight is 357 g/mol. The number of hydrogen-bond acceptors (Lipinski definition) is 3. The molecule has 1 amide bonds. The summed E-state index contributed by atoms with van der Waals surface area (Å²) in [6, 6.07) is 15.3. The number of hydrogen-bond donors (Lipinski definition) is 1. The topological polar surface area (TPSA) is 42.0 Å². The molecule has 0 saturated carbocycles. The first kappa shape index (κ1) is 16.7. The second kappa shape index (κ2) is 7.16. The normalized spacial score (nSPS) is 10.6. The average Bonchev–Trinajstić information content (AvgIpc) is 2.87. The van der Waals surface area contributed by atoms with E-state index in [0.717, 1.165) is 33.1 Å². The number of benzene rings is 2. The summed E-state index contributed by atoms with van der Waals surface area (Å²) in [5.74, 6) is -0.141. The molecule has 3 nitrogen and oxygen atoms in total. The van der Waals surface area contributed by atoms with Crippen molar-refractivity contribution >= 4 is 34.0 Å². The smallest absolute Gasteiger partial charge is 0.257 e. The molecular weight excluding hydrogens is 340 g/mol. The molecule has 0 bridgehead atoms. The summed E-state index contributed by atoms with van der Waals surface area (Å²) < 4.78 is 0. The van der Waals surface area contributed by atoms with Crippen LogP contribution in [0.2, 0.25) is 5.02 Å². The first-order valence-electron chi connectivity index (χ1n) is 7.60. The molecule has 0 saturated heterocycles. The zero-order chi connectivity index (χ0) is 17.1. The van der Waals surface area contributed by atoms with Gasteiger partial charge in [-0.2, -0.15) is 0 Å². The number of rotatable bonds is 4. The Morgan fingerprint density at radius 2 is 1.92 bits per heavy atom. The monoisotopic (exact) mass is 356 g/mol. The number of amides is 1. The zero-order valence-corrected chi connectivity index (χ0v) is 15.0. The summed E-state index contributed by atoms with van der Waals surface area (Å²) in [6.07, 6.45) is 0.754. The van der Waals surface area contributed by atoms with E-state index in [-0.39, 0.29) is 5.91 Å². The van der Waals surface area contributed by atoms with Gasteiger partial charge in [-0.05, 0) is 43.7 Å². The Morgan fingerprint density at radius 1 is 1.17 bits per heavy atom. The van der Waals surface area contributed by atoms with Gasteiger partial charge in [0.1, 0.15) is 0 Å². The first-order chi connectivity index (χ1) is 11.5. The van der Waals surface area contributed by atoms with E-state index in [1.54, 1.807) is 0 Å². The molecule has 3 aromatic rings. The third kappa shape index (κ3) is 4.02. The van der Waals surface area contributed by atoms with Gasteiger partial charge in [0.05, 0.1) is 5.69 Å². The lowest BCUT2D eigenvalue weighted by molar-refractivity contribution is 0.102. The van der Waals surface area contributed by atoms with E-state index < -0.39 is 0 Å². The van der Waals surface area contributed by atoms with Crippen molar-refractivity contribution < 1.29 is 4.79 Å². The Hall–Kier alpha value is -2.17. The molecule has 122 valence electrons. The van der Waals surface area contributed by atoms with Crippen LogP contribution in [0.5, 0.6) is 0 Å². The van der Waals surface area contributed by atoms with Crippen molar-refractivity contribution in [1.29, 1.82) is 0 Å². The van der Waals surface area contributed by atoms with Gasteiger partial charge in [0, 0.05) is 21.9 Å². The Bertz CT molecular complexity index is 871. The molecule has 1 heterocycles. The lowest BCUT2D eigenvalue weighted by atomic mass is 10.1. The number of carbonyl (C=O) groups excluding carboxylic acids is 1. The molecule has 1 aromatic heterocycles. The van der Waals surface area contributed by atoms with Crippen molar-refractivity contribution in [2.24, 2.45) is 0 Å². The van der Waals surface area contributed by atoms with Crippen molar-refractivity contribution in [3.8, 4) is 0 Å². The number of aryl methyl sites for hydroxylation is 2. The summed E-state index contributed by atoms with van der Waals surface area (Å²) in [5, 5.41) is 4.22. The van der Waals surface area contributed by atoms with Crippen molar-refractivity contribution in [1.82, 2.24) is 4.98 Å². The Balaban J connectivity index is 1.74. The molecule has 0 spiro atoms. The standard InChI is InChI=1S/C19H17ClN2OS/c1-12-6-8-15(9-7-12)18(23)22-19-21-13(2)17(24-19)11-14-4-3-5-16(20)10-14/h3-10H,11H2,1-2H3,(H,21,22,23). The van der Waals surface area contributed by atoms with Gasteiger partial charge in [0.2, 0.25) is 0 Å². The van der Waals surface area contributed by atoms with Crippen LogP contribution in [0.3, 0.4) is 0 Å². The first-order valence-corrected chi connectivity index (χ1v) is 8.79. The van der Waals surface area contributed by atoms with Gasteiger partial charge in [-0.15, -0.1) is 11.3 Å². The molecule has 0 aliphatic rings. The number of anilines is 1. The highest BCUT2D eigenvalue weighted by Gasteiger charge is 2.12. The molecule has 5 heteroatoms. The molecule has 24 heavy (non-hydrogen) atoms. The SMILES string of the molecule is Cc1ccc(C(=O)Nc2nc(C)c(Cc3cccc(Cl)c3)s2)cc1. The third-order valence-electron chi connectivity index (χ3n) is 3.68. The van der Waals surface area contributed by atoms with E-state index >= 15 is 0 Å². The van der Waals surface area contributed by atoms with Gasteiger partial charge in [0.15, 0.2) is 5.13 Å². The van der Waals surface area contributed by atoms with E-state index in [9.17, 15) is 4.79 Å². The molecule has 1 N–H and O–H groups in total. The summed E-state index contributed by atoms with van der Waals surface area (Å²) in [5.41, 5.74) is 3.81. The second-order valence-corrected chi connectivity index (χ2v) is 7.17. The number of nitrogens with one attached hydrogen (secondary N) is 1. The van der Waals surface area contributed by atoms with Crippen molar-refractivity contribution in [3.05, 3.63) is 80.8 Å². The number of nitrogens with zero attached hydrogens (tertiary/aromatic N) is 1. The fourth-order valence-corrected chi connectivity index (χ4v) is 3.56. The Labute approximate surface area is 150 Å². The fourth-order valence-electron chi connectivity index (χ4n) is 2.35. The molecule has 0 aliphatic carbocycles. The molecular formula is C19H17ClN2OS. The Morgan fingerprint density at radius 3 is 2.62 bits per heavy atom. The van der Waals surface area contributed by atoms with Gasteiger partial charge in [0.25, 0.3) is 5.91 Å². The third-order valence-corrected chi connectivity index (χ3v) is 4.99. The largest absolute Gasteiger partial charge is 0.298 e. The summed E-state index contributed by atoms with van der Waals surface area (Å²) in [7, 11) is 0. The van der Waals surface area contributed by atoms with Gasteiger partial charge >= 0.3 is 0 Å². The Kier molecular flexibility index (Phi) is 4.97. The molecule has 0 fully saturated rings. The highest BCUT2D eigenvalue weighted by molar-refractivity contribution is 7.15. The quantitative estimate of drug-likeness (QED) is 0.693. The van der Waals surface area contributed by atoms with Crippen LogP contribution in [-0.2, 0) is 6.42 Å². The predicted octanol–water partition coefficient (Wildman–Crippen LogP) is 5.26. The number of halogens is 1. The van der Waals surface area contributed by atoms with Gasteiger partial charge < -0.3 is 0 Å². The fraction of sp³-hybridized carbons (Fsp3) is 0.158. The minimum atomic E-state index is -0.141. The lowest BCUT2D eigenvalue weighted by Crippen LogP contribution is -2.11. The van der Waals surface area contributed by atoms with Crippen LogP contribution >= 0.6 is 22.9 Å². The maximum atomic E-state index is 12.3. The minimum absolute atomic E-state index is 0.141. The predicted molar refractivity (Wildman–Crippen MR) is 100 cm³/mol. The maximum Gasteiger partial charge on any atom is 0.257 e. The molecule has 0 unspecified atom stereocenters. The van der Waals surface area contributed by atoms with E-state index in [2.05, 4.69) is 10.3 Å². The van der Waals surface area contributed by atoms with Crippen molar-refractivity contribution in [3.63, 3.8) is 0 Å². The van der Waals surface area contributed by atoms with Crippen LogP contribution in [-0.4, -0.2) is 10.9 Å². The molecule has 0 radical (unpaired) electrons. The van der Waals surface area contributed by atoms with Crippen LogP contribution in [0.15, 0.2) is 48.5 Å². The van der Waals surface area contributed by atoms with Crippen LogP contribution < -0.4 is 5.32 Å². The van der Waals surface area contributed by atoms with E-state index in [0.29, 0.717) is 10.7 Å². The van der Waals surface area contributed by atoms with Crippen molar-refractivity contribution in [2.45, 2.75) is 20.3 Å². The van der Waals surface area contributed by atoms with Crippen LogP contribution in [0.4, 0.5) is 5.13 Å². The molecule has 0 atom stereocenters. The van der Waals surface area contributed by atoms with E-state index in [1.807, 2.05) is 62.4 Å². The van der Waals surface area contributed by atoms with Gasteiger partial charge in [-0.1, -0.05) is 41.4 Å². The highest BCUT2D eigenvalue weighted by Crippen LogP contribution is 2.26. The van der Waals surface area contributed by atoms with Crippen LogP contribution in [0.25, 0.3) is 0 Å². The summed E-state index contributed by atoms with van der Waals surface area (Å²) in [6.45, 7) is 3.95. The minimum Gasteiger partial charge on any atom is -0.298 e. The number of aromatic nitrogens is 1. The molecule has 2 aromatic carbocycles. The van der Waals surface area contributed by atoms with E-state index in [4.69, 9.17) is 11.6 Å². The summed E-state index contributed by atoms with van der Waals surface area (Å²) >= 11 is 7.53. The summed E-state index contributed by atoms with van der Waals surface area (Å²) in [4.78, 5) is 17.9. The van der Waals surface area contributed by atoms with Crippen LogP contribution in [0.1, 0.15) is 32.1 Å². The van der Waals surface area contributed by atoms with Gasteiger partial charge in [-0.25, -0.2) is 4.98 Å². The molecule has 0 aliphatic heterocycles. The maximum absolute atomic E-state index is 12.3. The molecule has 3 rings (SSSR count). The lowest BCUT2D eigenvalue weighted by Gasteiger charge is -2.02. The number of carbonyl (C=O) groups is 1. The van der Waals surface area contributed by atoms with E-state index in [1.165, 1.54) is 11.3 Å². The second-order valence-electron chi connectivity index (χ2n) is 5.65. The zero-order valence-electron chi connectivity index (χ0n) is 13.5. The highest BCUT2D eigenvalue weighted by atomic mass is 35.5. The van der Waals surface area contributed by atoms with Gasteiger partial charge in [-0.3, -0.25) is 10.1 Å². The van der Waals surface area contributed by atoms with Crippen LogP contribution in [0, 0.1) is 13.8 Å². The van der Waals surface area contributed by atoms with Crippen molar-refractivity contribution in [2.75, 3.05) is 5.32 Å².